The summed E-state index contributed by atoms with van der Waals surface area (Å²) in [5.74, 6) is 0.0306. The first kappa shape index (κ1) is 14.2. The summed E-state index contributed by atoms with van der Waals surface area (Å²) in [5, 5.41) is 0. The van der Waals surface area contributed by atoms with Gasteiger partial charge in [0.05, 0.1) is 0 Å². The minimum absolute atomic E-state index is 0.111. The van der Waals surface area contributed by atoms with Crippen LogP contribution in [0.2, 0.25) is 0 Å². The second-order valence-corrected chi connectivity index (χ2v) is 4.83. The zero-order valence-electron chi connectivity index (χ0n) is 11.4. The van der Waals surface area contributed by atoms with E-state index < -0.39 is 0 Å². The van der Waals surface area contributed by atoms with Gasteiger partial charge in [0.15, 0.2) is 5.78 Å². The molecule has 2 nitrogen and oxygen atoms in total. The van der Waals surface area contributed by atoms with Gasteiger partial charge in [0.1, 0.15) is 6.29 Å². The fraction of sp³-hybridized carbons (Fsp3) is 0.222. The molecule has 2 heteroatoms. The molecule has 2 aromatic carbocycles. The molecule has 2 aromatic rings. The molecule has 0 saturated carbocycles. The van der Waals surface area contributed by atoms with Crippen molar-refractivity contribution in [2.24, 2.45) is 0 Å². The first-order valence-electron chi connectivity index (χ1n) is 6.90. The topological polar surface area (TPSA) is 34.1 Å². The van der Waals surface area contributed by atoms with Crippen LogP contribution in [-0.4, -0.2) is 12.1 Å². The maximum atomic E-state index is 12.0. The molecule has 1 atom stereocenters. The van der Waals surface area contributed by atoms with E-state index in [2.05, 4.69) is 0 Å². The highest BCUT2D eigenvalue weighted by Gasteiger charge is 2.11. The predicted octanol–water partition coefficient (Wildman–Crippen LogP) is 4.02. The van der Waals surface area contributed by atoms with Gasteiger partial charge in [-0.25, -0.2) is 0 Å². The molecule has 1 unspecified atom stereocenters. The van der Waals surface area contributed by atoms with Gasteiger partial charge in [-0.2, -0.15) is 0 Å². The Labute approximate surface area is 119 Å². The van der Waals surface area contributed by atoms with E-state index in [0.29, 0.717) is 12.8 Å². The fourth-order valence-corrected chi connectivity index (χ4v) is 2.26. The smallest absolute Gasteiger partial charge is 0.162 e. The number of carbonyl (C=O) groups excluding carboxylic acids is 2. The summed E-state index contributed by atoms with van der Waals surface area (Å²) in [6, 6.07) is 19.0. The molecule has 0 N–H and O–H groups in total. The lowest BCUT2D eigenvalue weighted by Crippen LogP contribution is -2.03. The SMILES string of the molecule is O=CC(CCCC(=O)c1ccccc1)c1ccccc1. The van der Waals surface area contributed by atoms with E-state index in [1.54, 1.807) is 0 Å². The Morgan fingerprint density at radius 3 is 2.15 bits per heavy atom. The van der Waals surface area contributed by atoms with Crippen molar-refractivity contribution in [3.63, 3.8) is 0 Å². The minimum atomic E-state index is -0.111. The number of hydrogen-bond acceptors (Lipinski definition) is 2. The molecule has 0 radical (unpaired) electrons. The molecule has 0 saturated heterocycles. The van der Waals surface area contributed by atoms with Gasteiger partial charge >= 0.3 is 0 Å². The molecule has 0 aliphatic heterocycles. The molecule has 0 fully saturated rings. The van der Waals surface area contributed by atoms with Crippen LogP contribution in [0.25, 0.3) is 0 Å². The van der Waals surface area contributed by atoms with Crippen LogP contribution in [0, 0.1) is 0 Å². The van der Waals surface area contributed by atoms with Crippen LogP contribution in [0.15, 0.2) is 60.7 Å². The molecule has 0 spiro atoms. The third-order valence-electron chi connectivity index (χ3n) is 3.41. The Balaban J connectivity index is 1.86. The summed E-state index contributed by atoms with van der Waals surface area (Å²) in [4.78, 5) is 23.1. The van der Waals surface area contributed by atoms with E-state index in [0.717, 1.165) is 23.8 Å². The van der Waals surface area contributed by atoms with E-state index in [1.165, 1.54) is 0 Å². The molecule has 0 aliphatic rings. The molecule has 102 valence electrons. The normalized spacial score (nSPS) is 11.8. The number of carbonyl (C=O) groups is 2. The van der Waals surface area contributed by atoms with Gasteiger partial charge in [-0.15, -0.1) is 0 Å². The molecular weight excluding hydrogens is 248 g/mol. The van der Waals surface area contributed by atoms with Crippen LogP contribution in [0.1, 0.15) is 41.1 Å². The minimum Gasteiger partial charge on any atom is -0.303 e. The lowest BCUT2D eigenvalue weighted by Gasteiger charge is -2.10. The van der Waals surface area contributed by atoms with Crippen molar-refractivity contribution in [3.8, 4) is 0 Å². The average molecular weight is 266 g/mol. The van der Waals surface area contributed by atoms with Crippen LogP contribution < -0.4 is 0 Å². The van der Waals surface area contributed by atoms with Gasteiger partial charge in [0, 0.05) is 17.9 Å². The molecule has 0 bridgehead atoms. The summed E-state index contributed by atoms with van der Waals surface area (Å²) in [6.45, 7) is 0. The van der Waals surface area contributed by atoms with Crippen LogP contribution in [-0.2, 0) is 4.79 Å². The summed E-state index contributed by atoms with van der Waals surface area (Å²) in [5.41, 5.74) is 1.77. The summed E-state index contributed by atoms with van der Waals surface area (Å²) >= 11 is 0. The molecular formula is C18H18O2. The van der Waals surface area contributed by atoms with Gasteiger partial charge in [-0.3, -0.25) is 4.79 Å². The maximum absolute atomic E-state index is 12.0. The molecule has 0 amide bonds. The second-order valence-electron chi connectivity index (χ2n) is 4.83. The number of benzene rings is 2. The van der Waals surface area contributed by atoms with Gasteiger partial charge in [0.25, 0.3) is 0 Å². The molecule has 0 aliphatic carbocycles. The largest absolute Gasteiger partial charge is 0.303 e. The first-order valence-corrected chi connectivity index (χ1v) is 6.90. The number of rotatable bonds is 7. The monoisotopic (exact) mass is 266 g/mol. The molecule has 0 heterocycles. The van der Waals surface area contributed by atoms with Gasteiger partial charge in [0.2, 0.25) is 0 Å². The highest BCUT2D eigenvalue weighted by atomic mass is 16.1. The van der Waals surface area contributed by atoms with Gasteiger partial charge in [-0.1, -0.05) is 60.7 Å². The Kier molecular flexibility index (Phi) is 5.24. The lowest BCUT2D eigenvalue weighted by atomic mass is 9.94. The summed E-state index contributed by atoms with van der Waals surface area (Å²) in [7, 11) is 0. The van der Waals surface area contributed by atoms with E-state index in [9.17, 15) is 9.59 Å². The van der Waals surface area contributed by atoms with Crippen molar-refractivity contribution in [1.29, 1.82) is 0 Å². The zero-order valence-corrected chi connectivity index (χ0v) is 11.4. The number of Topliss-reactive ketones (excluding diaryl/α,β-unsaturated/α-hetero) is 1. The number of hydrogen-bond donors (Lipinski definition) is 0. The van der Waals surface area contributed by atoms with Gasteiger partial charge < -0.3 is 4.79 Å². The van der Waals surface area contributed by atoms with E-state index >= 15 is 0 Å². The number of aldehydes is 1. The molecule has 0 aromatic heterocycles. The van der Waals surface area contributed by atoms with Crippen LogP contribution in [0.4, 0.5) is 0 Å². The van der Waals surface area contributed by atoms with E-state index in [-0.39, 0.29) is 11.7 Å². The fourth-order valence-electron chi connectivity index (χ4n) is 2.26. The third-order valence-corrected chi connectivity index (χ3v) is 3.41. The lowest BCUT2D eigenvalue weighted by molar-refractivity contribution is -0.109. The van der Waals surface area contributed by atoms with Crippen molar-refractivity contribution < 1.29 is 9.59 Å². The quantitative estimate of drug-likeness (QED) is 0.560. The highest BCUT2D eigenvalue weighted by Crippen LogP contribution is 2.20. The van der Waals surface area contributed by atoms with E-state index in [1.807, 2.05) is 60.7 Å². The van der Waals surface area contributed by atoms with Crippen molar-refractivity contribution in [2.75, 3.05) is 0 Å². The Hall–Kier alpha value is -2.22. The highest BCUT2D eigenvalue weighted by molar-refractivity contribution is 5.95. The summed E-state index contributed by atoms with van der Waals surface area (Å²) < 4.78 is 0. The van der Waals surface area contributed by atoms with Crippen molar-refractivity contribution >= 4 is 12.1 Å². The van der Waals surface area contributed by atoms with Crippen molar-refractivity contribution in [1.82, 2.24) is 0 Å². The number of ketones is 1. The predicted molar refractivity (Wildman–Crippen MR) is 79.9 cm³/mol. The standard InChI is InChI=1S/C18H18O2/c19-14-17(15-8-3-1-4-9-15)12-7-13-18(20)16-10-5-2-6-11-16/h1-6,8-11,14,17H,7,12-13H2. The van der Waals surface area contributed by atoms with Crippen LogP contribution in [0.3, 0.4) is 0 Å². The summed E-state index contributed by atoms with van der Waals surface area (Å²) in [6.07, 6.45) is 2.90. The Morgan fingerprint density at radius 1 is 0.950 bits per heavy atom. The van der Waals surface area contributed by atoms with Crippen molar-refractivity contribution in [2.45, 2.75) is 25.2 Å². The van der Waals surface area contributed by atoms with Crippen LogP contribution in [0.5, 0.6) is 0 Å². The van der Waals surface area contributed by atoms with E-state index in [4.69, 9.17) is 0 Å². The molecule has 2 rings (SSSR count). The first-order chi connectivity index (χ1) is 9.81. The Bertz CT molecular complexity index is 546. The van der Waals surface area contributed by atoms with Crippen LogP contribution >= 0.6 is 0 Å². The van der Waals surface area contributed by atoms with Gasteiger partial charge in [-0.05, 0) is 18.4 Å². The average Bonchev–Trinajstić information content (AvgIpc) is 2.53. The molecule has 20 heavy (non-hydrogen) atoms. The third kappa shape index (κ3) is 3.89. The maximum Gasteiger partial charge on any atom is 0.162 e. The van der Waals surface area contributed by atoms with Crippen molar-refractivity contribution in [3.05, 3.63) is 71.8 Å². The zero-order chi connectivity index (χ0) is 14.2. The Morgan fingerprint density at radius 2 is 1.55 bits per heavy atom. The second kappa shape index (κ2) is 7.39.